The minimum atomic E-state index is -0.714. The van der Waals surface area contributed by atoms with Crippen molar-refractivity contribution in [3.8, 4) is 0 Å². The summed E-state index contributed by atoms with van der Waals surface area (Å²) in [6.07, 6.45) is 4.15. The van der Waals surface area contributed by atoms with Crippen LogP contribution in [0.15, 0.2) is 158 Å². The van der Waals surface area contributed by atoms with Crippen LogP contribution in [0.1, 0.15) is 42.5 Å². The van der Waals surface area contributed by atoms with E-state index in [2.05, 4.69) is 172 Å². The van der Waals surface area contributed by atoms with Gasteiger partial charge in [-0.15, -0.1) is 0 Å². The highest BCUT2D eigenvalue weighted by Crippen LogP contribution is 2.36. The lowest BCUT2D eigenvalue weighted by Gasteiger charge is -2.25. The predicted octanol–water partition coefficient (Wildman–Crippen LogP) is 8.48. The zero-order chi connectivity index (χ0) is 32.3. The predicted molar refractivity (Wildman–Crippen MR) is 207 cm³/mol. The first-order valence-electron chi connectivity index (χ1n) is 16.9. The molecule has 47 heavy (non-hydrogen) atoms. The van der Waals surface area contributed by atoms with Gasteiger partial charge in [0, 0.05) is 6.61 Å². The number of rotatable bonds is 14. The number of hydrogen-bond donors (Lipinski definition) is 0. The summed E-state index contributed by atoms with van der Waals surface area (Å²) in [5, 5.41) is 8.45. The maximum Gasteiger partial charge on any atom is 0.0719 e. The van der Waals surface area contributed by atoms with Gasteiger partial charge in [0.2, 0.25) is 0 Å². The lowest BCUT2D eigenvalue weighted by Crippen LogP contribution is -2.25. The molecule has 3 heteroatoms. The van der Waals surface area contributed by atoms with Crippen LogP contribution in [-0.4, -0.2) is 6.61 Å². The summed E-state index contributed by atoms with van der Waals surface area (Å²) in [6, 6.07) is 58.7. The average Bonchev–Trinajstić information content (AvgIpc) is 3.13. The topological polar surface area (TPSA) is 9.23 Å². The lowest BCUT2D eigenvalue weighted by molar-refractivity contribution is 0.133. The Morgan fingerprint density at radius 1 is 0.426 bits per heavy atom. The van der Waals surface area contributed by atoms with Gasteiger partial charge in [0.05, 0.1) is 6.61 Å². The number of aryl methyl sites for hydroxylation is 3. The largest absolute Gasteiger partial charge is 0.377 e. The third-order valence-electron chi connectivity index (χ3n) is 8.53. The first-order chi connectivity index (χ1) is 23.2. The Hall–Kier alpha value is -3.86. The van der Waals surface area contributed by atoms with Crippen LogP contribution >= 0.6 is 15.8 Å². The molecule has 0 saturated heterocycles. The zero-order valence-corrected chi connectivity index (χ0v) is 29.3. The molecule has 0 aliphatic carbocycles. The van der Waals surface area contributed by atoms with Crippen molar-refractivity contribution in [1.29, 1.82) is 0 Å². The van der Waals surface area contributed by atoms with E-state index >= 15 is 0 Å². The van der Waals surface area contributed by atoms with Gasteiger partial charge in [-0.05, 0) is 96.1 Å². The molecule has 6 aromatic rings. The van der Waals surface area contributed by atoms with E-state index in [1.807, 2.05) is 0 Å². The molecule has 236 valence electrons. The molecular formula is C44H44OP2. The second-order valence-corrected chi connectivity index (χ2v) is 16.2. The Kier molecular flexibility index (Phi) is 11.8. The van der Waals surface area contributed by atoms with E-state index in [1.165, 1.54) is 54.1 Å². The van der Waals surface area contributed by atoms with Crippen molar-refractivity contribution in [2.45, 2.75) is 46.1 Å². The van der Waals surface area contributed by atoms with Gasteiger partial charge in [0.1, 0.15) is 0 Å². The monoisotopic (exact) mass is 650 g/mol. The van der Waals surface area contributed by atoms with Gasteiger partial charge in [-0.2, -0.15) is 0 Å². The van der Waals surface area contributed by atoms with E-state index in [-0.39, 0.29) is 0 Å². The molecule has 0 aromatic heterocycles. The van der Waals surface area contributed by atoms with Crippen molar-refractivity contribution in [2.24, 2.45) is 0 Å². The summed E-state index contributed by atoms with van der Waals surface area (Å²) in [5.74, 6) is 0. The standard InChI is InChI=1S/C44H44OP2/c1-3-18-36-33-44(47(41-24-13-7-14-25-41)42-26-15-8-16-27-42)37(32-38(36)34-45-4-2)30-29-35-19-17-28-43(31-35)46(39-20-9-5-10-21-39)40-22-11-6-12-23-40/h5-17,19-28,31-33H,3-4,18,29-30,34H2,1-2H3. The Morgan fingerprint density at radius 3 is 1.45 bits per heavy atom. The smallest absolute Gasteiger partial charge is 0.0719 e. The normalized spacial score (nSPS) is 11.3. The van der Waals surface area contributed by atoms with Crippen molar-refractivity contribution < 1.29 is 4.74 Å². The highest BCUT2D eigenvalue weighted by Gasteiger charge is 2.22. The molecule has 0 N–H and O–H groups in total. The van der Waals surface area contributed by atoms with Gasteiger partial charge in [0.15, 0.2) is 0 Å². The molecule has 0 fully saturated rings. The van der Waals surface area contributed by atoms with Crippen LogP contribution in [0.5, 0.6) is 0 Å². The highest BCUT2D eigenvalue weighted by molar-refractivity contribution is 7.80. The van der Waals surface area contributed by atoms with Crippen LogP contribution in [0.4, 0.5) is 0 Å². The Morgan fingerprint density at radius 2 is 0.936 bits per heavy atom. The summed E-state index contributed by atoms with van der Waals surface area (Å²) in [6.45, 7) is 5.76. The maximum absolute atomic E-state index is 6.03. The summed E-state index contributed by atoms with van der Waals surface area (Å²) < 4.78 is 6.03. The molecule has 0 aliphatic heterocycles. The molecule has 0 atom stereocenters. The Labute approximate surface area is 284 Å². The molecule has 0 heterocycles. The van der Waals surface area contributed by atoms with E-state index in [0.29, 0.717) is 6.61 Å². The van der Waals surface area contributed by atoms with E-state index in [1.54, 1.807) is 0 Å². The van der Waals surface area contributed by atoms with Gasteiger partial charge >= 0.3 is 0 Å². The number of ether oxygens (including phenoxy) is 1. The molecule has 6 aromatic carbocycles. The van der Waals surface area contributed by atoms with Gasteiger partial charge in [-0.1, -0.05) is 171 Å². The maximum atomic E-state index is 6.03. The molecule has 0 amide bonds. The Balaban J connectivity index is 1.40. The minimum Gasteiger partial charge on any atom is -0.377 e. The average molecular weight is 651 g/mol. The highest BCUT2D eigenvalue weighted by atomic mass is 31.1. The molecule has 0 bridgehead atoms. The van der Waals surface area contributed by atoms with Crippen molar-refractivity contribution in [2.75, 3.05) is 6.61 Å². The zero-order valence-electron chi connectivity index (χ0n) is 27.6. The van der Waals surface area contributed by atoms with Gasteiger partial charge in [-0.3, -0.25) is 0 Å². The quantitative estimate of drug-likeness (QED) is 0.108. The first kappa shape index (κ1) is 33.1. The molecule has 0 spiro atoms. The van der Waals surface area contributed by atoms with Crippen LogP contribution in [0.25, 0.3) is 0 Å². The van der Waals surface area contributed by atoms with E-state index in [9.17, 15) is 0 Å². The van der Waals surface area contributed by atoms with E-state index < -0.39 is 15.8 Å². The fraction of sp³-hybridized carbons (Fsp3) is 0.182. The molecule has 0 saturated carbocycles. The van der Waals surface area contributed by atoms with Crippen LogP contribution in [0.3, 0.4) is 0 Å². The first-order valence-corrected chi connectivity index (χ1v) is 19.5. The fourth-order valence-corrected chi connectivity index (χ4v) is 11.2. The van der Waals surface area contributed by atoms with Crippen molar-refractivity contribution in [1.82, 2.24) is 0 Å². The Bertz CT molecular complexity index is 1740. The van der Waals surface area contributed by atoms with Crippen molar-refractivity contribution >= 4 is 47.7 Å². The molecule has 0 radical (unpaired) electrons. The van der Waals surface area contributed by atoms with E-state index in [4.69, 9.17) is 4.74 Å². The number of hydrogen-bond acceptors (Lipinski definition) is 1. The van der Waals surface area contributed by atoms with Crippen molar-refractivity contribution in [3.63, 3.8) is 0 Å². The molecular weight excluding hydrogens is 606 g/mol. The summed E-state index contributed by atoms with van der Waals surface area (Å²) in [4.78, 5) is 0. The third-order valence-corrected chi connectivity index (χ3v) is 13.5. The summed E-state index contributed by atoms with van der Waals surface area (Å²) >= 11 is 0. The molecule has 0 unspecified atom stereocenters. The second kappa shape index (κ2) is 16.8. The second-order valence-electron chi connectivity index (χ2n) is 11.8. The lowest BCUT2D eigenvalue weighted by atomic mass is 9.97. The third kappa shape index (κ3) is 8.36. The van der Waals surface area contributed by atoms with Gasteiger partial charge < -0.3 is 4.74 Å². The van der Waals surface area contributed by atoms with Crippen LogP contribution in [-0.2, 0) is 30.6 Å². The molecule has 6 rings (SSSR count). The number of benzene rings is 6. The van der Waals surface area contributed by atoms with Crippen LogP contribution in [0, 0.1) is 0 Å². The van der Waals surface area contributed by atoms with Crippen LogP contribution < -0.4 is 31.8 Å². The van der Waals surface area contributed by atoms with Gasteiger partial charge in [0.25, 0.3) is 0 Å². The van der Waals surface area contributed by atoms with Crippen molar-refractivity contribution in [3.05, 3.63) is 180 Å². The fourth-order valence-electron chi connectivity index (χ4n) is 6.30. The molecule has 0 aliphatic rings. The summed E-state index contributed by atoms with van der Waals surface area (Å²) in [7, 11) is -1.35. The SMILES string of the molecule is CCCc1cc(P(c2ccccc2)c2ccccc2)c(CCc2cccc(P(c3ccccc3)c3ccccc3)c2)cc1COCC. The van der Waals surface area contributed by atoms with Gasteiger partial charge in [-0.25, -0.2) is 0 Å². The minimum absolute atomic E-state index is 0.638. The van der Waals surface area contributed by atoms with Crippen LogP contribution in [0.2, 0.25) is 0 Å². The summed E-state index contributed by atoms with van der Waals surface area (Å²) in [5.41, 5.74) is 5.60. The van der Waals surface area contributed by atoms with E-state index in [0.717, 1.165) is 32.3 Å². The molecule has 1 nitrogen and oxygen atoms in total.